The van der Waals surface area contributed by atoms with Gasteiger partial charge in [-0.25, -0.2) is 8.42 Å². The van der Waals surface area contributed by atoms with Crippen LogP contribution in [0.3, 0.4) is 0 Å². The first kappa shape index (κ1) is 16.6. The van der Waals surface area contributed by atoms with Crippen LogP contribution in [0.4, 0.5) is 0 Å². The second kappa shape index (κ2) is 8.00. The van der Waals surface area contributed by atoms with Crippen molar-refractivity contribution in [2.45, 2.75) is 30.8 Å². The third-order valence-electron chi connectivity index (χ3n) is 2.85. The summed E-state index contributed by atoms with van der Waals surface area (Å²) < 4.78 is 24.1. The van der Waals surface area contributed by atoms with Crippen LogP contribution in [0, 0.1) is 11.3 Å². The molecule has 1 atom stereocenters. The summed E-state index contributed by atoms with van der Waals surface area (Å²) in [4.78, 5) is 0.183. The van der Waals surface area contributed by atoms with Gasteiger partial charge in [0.05, 0.1) is 28.4 Å². The molecule has 0 heterocycles. The molecule has 0 bridgehead atoms. The summed E-state index contributed by atoms with van der Waals surface area (Å²) in [5.41, 5.74) is 0.343. The molecule has 0 aromatic heterocycles. The molecule has 0 radical (unpaired) electrons. The monoisotopic (exact) mass is 296 g/mol. The molecule has 0 aliphatic heterocycles. The quantitative estimate of drug-likeness (QED) is 0.701. The fourth-order valence-electron chi connectivity index (χ4n) is 1.73. The zero-order valence-electron chi connectivity index (χ0n) is 11.5. The highest BCUT2D eigenvalue weighted by Gasteiger charge is 2.14. The first-order valence-corrected chi connectivity index (χ1v) is 8.22. The van der Waals surface area contributed by atoms with Gasteiger partial charge < -0.3 is 10.4 Å². The van der Waals surface area contributed by atoms with Gasteiger partial charge in [0, 0.05) is 6.54 Å². The first-order chi connectivity index (χ1) is 9.45. The Labute approximate surface area is 120 Å². The largest absolute Gasteiger partial charge is 0.393 e. The van der Waals surface area contributed by atoms with Crippen molar-refractivity contribution in [3.05, 3.63) is 29.8 Å². The normalized spacial score (nSPS) is 12.8. The lowest BCUT2D eigenvalue weighted by Gasteiger charge is -2.07. The summed E-state index contributed by atoms with van der Waals surface area (Å²) in [6.07, 6.45) is 1.18. The van der Waals surface area contributed by atoms with Crippen molar-refractivity contribution in [3.8, 4) is 6.07 Å². The Hall–Kier alpha value is -1.42. The Morgan fingerprint density at radius 1 is 1.40 bits per heavy atom. The van der Waals surface area contributed by atoms with E-state index in [1.165, 1.54) is 12.1 Å². The second-order valence-corrected chi connectivity index (χ2v) is 6.81. The number of nitriles is 1. The van der Waals surface area contributed by atoms with Crippen LogP contribution >= 0.6 is 0 Å². The lowest BCUT2D eigenvalue weighted by molar-refractivity contribution is 0.181. The lowest BCUT2D eigenvalue weighted by Crippen LogP contribution is -2.24. The molecular weight excluding hydrogens is 276 g/mol. The maximum atomic E-state index is 12.1. The molecule has 6 heteroatoms. The highest BCUT2D eigenvalue weighted by molar-refractivity contribution is 7.91. The summed E-state index contributed by atoms with van der Waals surface area (Å²) in [6, 6.07) is 7.97. The maximum Gasteiger partial charge on any atom is 0.179 e. The zero-order chi connectivity index (χ0) is 15.0. The fourth-order valence-corrected chi connectivity index (χ4v) is 2.97. The Morgan fingerprint density at radius 2 is 2.15 bits per heavy atom. The van der Waals surface area contributed by atoms with Crippen molar-refractivity contribution in [2.24, 2.45) is 0 Å². The number of aliphatic hydroxyl groups is 1. The van der Waals surface area contributed by atoms with Gasteiger partial charge in [-0.1, -0.05) is 6.07 Å². The molecule has 1 rings (SSSR count). The summed E-state index contributed by atoms with van der Waals surface area (Å²) in [6.45, 7) is 2.77. The molecule has 0 aliphatic carbocycles. The Bertz CT molecular complexity index is 562. The topological polar surface area (TPSA) is 90.2 Å². The lowest BCUT2D eigenvalue weighted by atomic mass is 10.2. The average Bonchev–Trinajstić information content (AvgIpc) is 2.42. The molecule has 0 spiro atoms. The SMILES string of the molecule is CC(O)CCCNCCS(=O)(=O)c1cccc(C#N)c1. The van der Waals surface area contributed by atoms with Crippen molar-refractivity contribution in [2.75, 3.05) is 18.8 Å². The van der Waals surface area contributed by atoms with Crippen LogP contribution in [0.5, 0.6) is 0 Å². The van der Waals surface area contributed by atoms with Crippen molar-refractivity contribution < 1.29 is 13.5 Å². The van der Waals surface area contributed by atoms with Gasteiger partial charge in [0.1, 0.15) is 0 Å². The first-order valence-electron chi connectivity index (χ1n) is 6.57. The van der Waals surface area contributed by atoms with Crippen LogP contribution < -0.4 is 5.32 Å². The van der Waals surface area contributed by atoms with Crippen molar-refractivity contribution in [1.82, 2.24) is 5.32 Å². The van der Waals surface area contributed by atoms with Gasteiger partial charge in [0.25, 0.3) is 0 Å². The highest BCUT2D eigenvalue weighted by atomic mass is 32.2. The number of nitrogens with zero attached hydrogens (tertiary/aromatic N) is 1. The number of rotatable bonds is 8. The molecule has 0 fully saturated rings. The Kier molecular flexibility index (Phi) is 6.65. The summed E-state index contributed by atoms with van der Waals surface area (Å²) in [5, 5.41) is 20.9. The second-order valence-electron chi connectivity index (χ2n) is 4.70. The Morgan fingerprint density at radius 3 is 2.80 bits per heavy atom. The van der Waals surface area contributed by atoms with Gasteiger partial charge >= 0.3 is 0 Å². The number of sulfone groups is 1. The molecule has 110 valence electrons. The van der Waals surface area contributed by atoms with E-state index >= 15 is 0 Å². The molecular formula is C14H20N2O3S. The van der Waals surface area contributed by atoms with Crippen molar-refractivity contribution >= 4 is 9.84 Å². The molecule has 20 heavy (non-hydrogen) atoms. The molecule has 0 aliphatic rings. The van der Waals surface area contributed by atoms with Crippen molar-refractivity contribution in [1.29, 1.82) is 5.26 Å². The van der Waals surface area contributed by atoms with E-state index in [2.05, 4.69) is 5.32 Å². The van der Waals surface area contributed by atoms with Crippen LogP contribution in [-0.2, 0) is 9.84 Å². The third kappa shape index (κ3) is 5.70. The summed E-state index contributed by atoms with van der Waals surface area (Å²) in [5.74, 6) is -0.00341. The molecule has 1 aromatic carbocycles. The Balaban J connectivity index is 2.44. The van der Waals surface area contributed by atoms with E-state index in [0.29, 0.717) is 25.1 Å². The smallest absolute Gasteiger partial charge is 0.179 e. The predicted molar refractivity (Wildman–Crippen MR) is 77.0 cm³/mol. The van der Waals surface area contributed by atoms with Gasteiger partial charge in [-0.05, 0) is 44.5 Å². The molecule has 2 N–H and O–H groups in total. The number of nitrogens with one attached hydrogen (secondary N) is 1. The molecule has 0 amide bonds. The van der Waals surface area contributed by atoms with E-state index in [1.54, 1.807) is 19.1 Å². The average molecular weight is 296 g/mol. The van der Waals surface area contributed by atoms with E-state index in [4.69, 9.17) is 10.4 Å². The van der Waals surface area contributed by atoms with E-state index < -0.39 is 9.84 Å². The van der Waals surface area contributed by atoms with E-state index in [0.717, 1.165) is 6.42 Å². The molecule has 0 saturated heterocycles. The minimum atomic E-state index is -3.36. The molecule has 1 unspecified atom stereocenters. The fraction of sp³-hybridized carbons (Fsp3) is 0.500. The van der Waals surface area contributed by atoms with Gasteiger partial charge in [-0.3, -0.25) is 0 Å². The number of hydrogen-bond acceptors (Lipinski definition) is 5. The summed E-state index contributed by atoms with van der Waals surface area (Å²) >= 11 is 0. The van der Waals surface area contributed by atoms with Crippen LogP contribution in [0.25, 0.3) is 0 Å². The van der Waals surface area contributed by atoms with E-state index in [-0.39, 0.29) is 16.8 Å². The number of hydrogen-bond donors (Lipinski definition) is 2. The van der Waals surface area contributed by atoms with Crippen LogP contribution in [0.15, 0.2) is 29.2 Å². The zero-order valence-corrected chi connectivity index (χ0v) is 12.4. The van der Waals surface area contributed by atoms with Gasteiger partial charge in [0.15, 0.2) is 9.84 Å². The van der Waals surface area contributed by atoms with Crippen molar-refractivity contribution in [3.63, 3.8) is 0 Å². The predicted octanol–water partition coefficient (Wildman–Crippen LogP) is 1.08. The molecule has 1 aromatic rings. The van der Waals surface area contributed by atoms with Gasteiger partial charge in [-0.2, -0.15) is 5.26 Å². The molecule has 0 saturated carbocycles. The van der Waals surface area contributed by atoms with Gasteiger partial charge in [-0.15, -0.1) is 0 Å². The van der Waals surface area contributed by atoms with Crippen LogP contribution in [0.2, 0.25) is 0 Å². The minimum absolute atomic E-state index is 0.00341. The van der Waals surface area contributed by atoms with Gasteiger partial charge in [0.2, 0.25) is 0 Å². The maximum absolute atomic E-state index is 12.1. The molecule has 5 nitrogen and oxygen atoms in total. The highest BCUT2D eigenvalue weighted by Crippen LogP contribution is 2.12. The third-order valence-corrected chi connectivity index (χ3v) is 4.56. The van der Waals surface area contributed by atoms with E-state index in [1.807, 2.05) is 6.07 Å². The summed E-state index contributed by atoms with van der Waals surface area (Å²) in [7, 11) is -3.36. The van der Waals surface area contributed by atoms with E-state index in [9.17, 15) is 8.42 Å². The number of benzene rings is 1. The van der Waals surface area contributed by atoms with Crippen LogP contribution in [0.1, 0.15) is 25.3 Å². The standard InChI is InChI=1S/C14H20N2O3S/c1-12(17)4-3-7-16-8-9-20(18,19)14-6-2-5-13(10-14)11-15/h2,5-6,10,12,16-17H,3-4,7-9H2,1H3. The minimum Gasteiger partial charge on any atom is -0.393 e. The van der Waals surface area contributed by atoms with Crippen LogP contribution in [-0.4, -0.2) is 38.5 Å². The number of aliphatic hydroxyl groups excluding tert-OH is 1.